The molecule has 2 fully saturated rings. The van der Waals surface area contributed by atoms with E-state index in [1.54, 1.807) is 4.90 Å². The molecular formula is C22H30F3N3O2. The average molecular weight is 425 g/mol. The predicted molar refractivity (Wildman–Crippen MR) is 107 cm³/mol. The van der Waals surface area contributed by atoms with E-state index < -0.39 is 23.5 Å². The molecule has 2 aliphatic heterocycles. The van der Waals surface area contributed by atoms with E-state index in [4.69, 9.17) is 5.73 Å². The molecule has 3 atom stereocenters. The molecule has 3 rings (SSSR count). The number of likely N-dealkylation sites (tertiary alicyclic amines) is 2. The summed E-state index contributed by atoms with van der Waals surface area (Å²) >= 11 is 0. The summed E-state index contributed by atoms with van der Waals surface area (Å²) in [4.78, 5) is 29.0. The Kier molecular flexibility index (Phi) is 6.45. The van der Waals surface area contributed by atoms with Gasteiger partial charge >= 0.3 is 0 Å². The minimum Gasteiger partial charge on any atom is -0.340 e. The van der Waals surface area contributed by atoms with Crippen molar-refractivity contribution in [2.75, 3.05) is 19.6 Å². The number of hydrogen-bond acceptors (Lipinski definition) is 3. The van der Waals surface area contributed by atoms with Crippen molar-refractivity contribution in [1.29, 1.82) is 0 Å². The summed E-state index contributed by atoms with van der Waals surface area (Å²) in [5, 5.41) is 0. The van der Waals surface area contributed by atoms with Crippen LogP contribution in [0.3, 0.4) is 0 Å². The molecule has 0 aliphatic carbocycles. The van der Waals surface area contributed by atoms with Gasteiger partial charge in [-0.15, -0.1) is 0 Å². The second-order valence-electron chi connectivity index (χ2n) is 9.77. The summed E-state index contributed by atoms with van der Waals surface area (Å²) in [6.07, 6.45) is 1.22. The van der Waals surface area contributed by atoms with E-state index in [0.717, 1.165) is 12.5 Å². The van der Waals surface area contributed by atoms with E-state index in [2.05, 4.69) is 0 Å². The number of hydrogen-bond donors (Lipinski definition) is 1. The van der Waals surface area contributed by atoms with Crippen LogP contribution in [0.25, 0.3) is 0 Å². The van der Waals surface area contributed by atoms with Crippen LogP contribution in [0.4, 0.5) is 13.2 Å². The lowest BCUT2D eigenvalue weighted by atomic mass is 9.91. The van der Waals surface area contributed by atoms with Crippen LogP contribution >= 0.6 is 0 Å². The Bertz CT molecular complexity index is 825. The van der Waals surface area contributed by atoms with E-state index in [0.29, 0.717) is 32.1 Å². The maximum Gasteiger partial charge on any atom is 0.224 e. The van der Waals surface area contributed by atoms with Gasteiger partial charge in [0.15, 0.2) is 11.6 Å². The monoisotopic (exact) mass is 425 g/mol. The van der Waals surface area contributed by atoms with Crippen molar-refractivity contribution < 1.29 is 22.8 Å². The number of halogens is 3. The maximum atomic E-state index is 13.8. The molecule has 0 saturated carbocycles. The summed E-state index contributed by atoms with van der Waals surface area (Å²) in [6.45, 7) is 7.87. The van der Waals surface area contributed by atoms with Crippen LogP contribution in [0.5, 0.6) is 0 Å². The van der Waals surface area contributed by atoms with Crippen LogP contribution in [0, 0.1) is 28.8 Å². The number of nitrogens with two attached hydrogens (primary N) is 1. The van der Waals surface area contributed by atoms with Gasteiger partial charge in [0, 0.05) is 50.5 Å². The summed E-state index contributed by atoms with van der Waals surface area (Å²) in [5.41, 5.74) is 5.88. The SMILES string of the molecule is CC(C)(C)CC(=O)N1C[C@@H]2CCN(C(=O)C[C@H](N)Cc3cc(F)c(F)cc3F)[C@@H]2C1. The normalized spacial score (nSPS) is 22.4. The minimum atomic E-state index is -1.25. The van der Waals surface area contributed by atoms with Crippen LogP contribution < -0.4 is 5.73 Å². The average Bonchev–Trinajstić information content (AvgIpc) is 3.18. The van der Waals surface area contributed by atoms with E-state index in [1.165, 1.54) is 0 Å². The molecule has 1 aromatic rings. The van der Waals surface area contributed by atoms with Crippen molar-refractivity contribution in [3.8, 4) is 0 Å². The Hall–Kier alpha value is -2.09. The van der Waals surface area contributed by atoms with Gasteiger partial charge in [-0.2, -0.15) is 0 Å². The van der Waals surface area contributed by atoms with Crippen LogP contribution in [0.2, 0.25) is 0 Å². The number of fused-ring (bicyclic) bond motifs is 1. The Morgan fingerprint density at radius 1 is 1.10 bits per heavy atom. The number of benzene rings is 1. The highest BCUT2D eigenvalue weighted by Gasteiger charge is 2.44. The maximum absolute atomic E-state index is 13.8. The third-order valence-corrected chi connectivity index (χ3v) is 5.91. The molecule has 2 aliphatic rings. The smallest absolute Gasteiger partial charge is 0.224 e. The Morgan fingerprint density at radius 2 is 1.77 bits per heavy atom. The number of nitrogens with zero attached hydrogens (tertiary/aromatic N) is 2. The number of carbonyl (C=O) groups excluding carboxylic acids is 2. The van der Waals surface area contributed by atoms with Crippen LogP contribution in [-0.4, -0.2) is 53.3 Å². The van der Waals surface area contributed by atoms with Crippen LogP contribution in [0.1, 0.15) is 45.6 Å². The highest BCUT2D eigenvalue weighted by atomic mass is 19.2. The molecule has 2 saturated heterocycles. The minimum absolute atomic E-state index is 0.0163. The van der Waals surface area contributed by atoms with E-state index in [1.807, 2.05) is 25.7 Å². The fourth-order valence-electron chi connectivity index (χ4n) is 4.46. The summed E-state index contributed by atoms with van der Waals surface area (Å²) < 4.78 is 40.3. The summed E-state index contributed by atoms with van der Waals surface area (Å²) in [7, 11) is 0. The first-order chi connectivity index (χ1) is 13.9. The van der Waals surface area contributed by atoms with Gasteiger partial charge in [0.05, 0.1) is 6.04 Å². The van der Waals surface area contributed by atoms with Crippen molar-refractivity contribution in [2.45, 2.75) is 58.5 Å². The molecule has 2 heterocycles. The first-order valence-electron chi connectivity index (χ1n) is 10.4. The lowest BCUT2D eigenvalue weighted by Gasteiger charge is -2.27. The molecule has 1 aromatic carbocycles. The second-order valence-corrected chi connectivity index (χ2v) is 9.77. The largest absolute Gasteiger partial charge is 0.340 e. The predicted octanol–water partition coefficient (Wildman–Crippen LogP) is 2.86. The first kappa shape index (κ1) is 22.6. The van der Waals surface area contributed by atoms with Crippen molar-refractivity contribution in [1.82, 2.24) is 9.80 Å². The fourth-order valence-corrected chi connectivity index (χ4v) is 4.46. The van der Waals surface area contributed by atoms with Gasteiger partial charge in [-0.05, 0) is 29.9 Å². The number of carbonyl (C=O) groups is 2. The van der Waals surface area contributed by atoms with Gasteiger partial charge in [0.2, 0.25) is 11.8 Å². The van der Waals surface area contributed by atoms with Crippen LogP contribution in [-0.2, 0) is 16.0 Å². The third kappa shape index (κ3) is 5.14. The second kappa shape index (κ2) is 8.57. The fraction of sp³-hybridized carbons (Fsp3) is 0.636. The van der Waals surface area contributed by atoms with Crippen molar-refractivity contribution in [3.63, 3.8) is 0 Å². The zero-order chi connectivity index (χ0) is 22.2. The Balaban J connectivity index is 1.57. The van der Waals surface area contributed by atoms with E-state index >= 15 is 0 Å². The Morgan fingerprint density at radius 3 is 2.43 bits per heavy atom. The Labute approximate surface area is 175 Å². The standard InChI is InChI=1S/C22H30F3N3O2/c1-22(2,3)10-21(30)27-11-13-4-5-28(19(13)12-27)20(29)8-15(26)6-14-7-17(24)18(25)9-16(14)23/h7,9,13,15,19H,4-6,8,10-12,26H2,1-3H3/t13-,15+,19+/m0/s1. The topological polar surface area (TPSA) is 66.6 Å². The third-order valence-electron chi connectivity index (χ3n) is 5.91. The molecule has 0 bridgehead atoms. The number of rotatable bonds is 5. The molecule has 2 N–H and O–H groups in total. The van der Waals surface area contributed by atoms with Gasteiger partial charge in [-0.3, -0.25) is 9.59 Å². The van der Waals surface area contributed by atoms with Gasteiger partial charge in [-0.1, -0.05) is 20.8 Å². The summed E-state index contributed by atoms with van der Waals surface area (Å²) in [6, 6.07) is 0.548. The zero-order valence-electron chi connectivity index (χ0n) is 17.8. The lowest BCUT2D eigenvalue weighted by molar-refractivity contribution is -0.135. The number of amides is 2. The van der Waals surface area contributed by atoms with Gasteiger partial charge in [0.25, 0.3) is 0 Å². The van der Waals surface area contributed by atoms with E-state index in [9.17, 15) is 22.8 Å². The van der Waals surface area contributed by atoms with E-state index in [-0.39, 0.29) is 47.6 Å². The van der Waals surface area contributed by atoms with Crippen molar-refractivity contribution >= 4 is 11.8 Å². The van der Waals surface area contributed by atoms with Crippen molar-refractivity contribution in [3.05, 3.63) is 35.1 Å². The molecule has 0 spiro atoms. The van der Waals surface area contributed by atoms with Crippen molar-refractivity contribution in [2.24, 2.45) is 17.1 Å². The van der Waals surface area contributed by atoms with Gasteiger partial charge in [-0.25, -0.2) is 13.2 Å². The molecule has 2 amide bonds. The lowest BCUT2D eigenvalue weighted by Crippen LogP contribution is -2.43. The van der Waals surface area contributed by atoms with Gasteiger partial charge < -0.3 is 15.5 Å². The van der Waals surface area contributed by atoms with Crippen LogP contribution in [0.15, 0.2) is 12.1 Å². The molecule has 0 aromatic heterocycles. The first-order valence-corrected chi connectivity index (χ1v) is 10.4. The summed E-state index contributed by atoms with van der Waals surface area (Å²) in [5.74, 6) is -3.05. The molecule has 8 heteroatoms. The molecule has 30 heavy (non-hydrogen) atoms. The molecule has 5 nitrogen and oxygen atoms in total. The highest BCUT2D eigenvalue weighted by Crippen LogP contribution is 2.33. The van der Waals surface area contributed by atoms with Gasteiger partial charge in [0.1, 0.15) is 5.82 Å². The highest BCUT2D eigenvalue weighted by molar-refractivity contribution is 5.79. The molecule has 0 radical (unpaired) electrons. The quantitative estimate of drug-likeness (QED) is 0.738. The molecular weight excluding hydrogens is 395 g/mol. The molecule has 166 valence electrons. The molecule has 0 unspecified atom stereocenters. The zero-order valence-corrected chi connectivity index (χ0v) is 17.8.